The Kier molecular flexibility index (Phi) is 2.55. The zero-order chi connectivity index (χ0) is 11.7. The third-order valence-electron chi connectivity index (χ3n) is 2.19. The molecule has 6 heteroatoms. The summed E-state index contributed by atoms with van der Waals surface area (Å²) in [5, 5.41) is 6.49. The fraction of sp³-hybridized carbons (Fsp3) is 0.200. The van der Waals surface area contributed by atoms with Crippen LogP contribution in [0, 0.1) is 11.6 Å². The molecule has 16 heavy (non-hydrogen) atoms. The minimum Gasteiger partial charge on any atom is -0.396 e. The number of nitrogens with two attached hydrogens (primary N) is 1. The Balaban J connectivity index is 2.51. The predicted molar refractivity (Wildman–Crippen MR) is 55.5 cm³/mol. The SMILES string of the molecule is CCc1nc(-c2cc(N)c(F)cc2F)n[nH]1. The van der Waals surface area contributed by atoms with Gasteiger partial charge in [0.2, 0.25) is 0 Å². The quantitative estimate of drug-likeness (QED) is 0.765. The Labute approximate surface area is 90.5 Å². The van der Waals surface area contributed by atoms with Gasteiger partial charge >= 0.3 is 0 Å². The van der Waals surface area contributed by atoms with Crippen LogP contribution in [-0.2, 0) is 6.42 Å². The highest BCUT2D eigenvalue weighted by atomic mass is 19.1. The molecule has 4 nitrogen and oxygen atoms in total. The third-order valence-corrected chi connectivity index (χ3v) is 2.19. The molecule has 0 amide bonds. The van der Waals surface area contributed by atoms with Crippen LogP contribution in [-0.4, -0.2) is 15.2 Å². The van der Waals surface area contributed by atoms with E-state index >= 15 is 0 Å². The molecule has 0 saturated carbocycles. The number of aromatic amines is 1. The maximum absolute atomic E-state index is 13.4. The second-order valence-corrected chi connectivity index (χ2v) is 3.31. The number of aryl methyl sites for hydroxylation is 1. The van der Waals surface area contributed by atoms with Crippen molar-refractivity contribution >= 4 is 5.69 Å². The first kappa shape index (κ1) is 10.5. The Hall–Kier alpha value is -1.98. The lowest BCUT2D eigenvalue weighted by molar-refractivity contribution is 0.588. The first-order valence-electron chi connectivity index (χ1n) is 4.78. The molecule has 0 unspecified atom stereocenters. The Morgan fingerprint density at radius 3 is 2.69 bits per heavy atom. The van der Waals surface area contributed by atoms with Crippen LogP contribution in [0.3, 0.4) is 0 Å². The molecule has 1 aromatic heterocycles. The highest BCUT2D eigenvalue weighted by Gasteiger charge is 2.13. The first-order valence-corrected chi connectivity index (χ1v) is 4.78. The summed E-state index contributed by atoms with van der Waals surface area (Å²) in [6.07, 6.45) is 0.658. The van der Waals surface area contributed by atoms with Crippen molar-refractivity contribution < 1.29 is 8.78 Å². The van der Waals surface area contributed by atoms with Crippen molar-refractivity contribution in [2.75, 3.05) is 5.73 Å². The van der Waals surface area contributed by atoms with Gasteiger partial charge in [-0.3, -0.25) is 5.10 Å². The zero-order valence-corrected chi connectivity index (χ0v) is 8.59. The Morgan fingerprint density at radius 1 is 1.31 bits per heavy atom. The van der Waals surface area contributed by atoms with Crippen LogP contribution in [0.1, 0.15) is 12.7 Å². The van der Waals surface area contributed by atoms with E-state index in [1.807, 2.05) is 6.92 Å². The van der Waals surface area contributed by atoms with E-state index in [0.29, 0.717) is 12.2 Å². The number of hydrogen-bond donors (Lipinski definition) is 2. The van der Waals surface area contributed by atoms with Gasteiger partial charge in [-0.15, -0.1) is 0 Å². The van der Waals surface area contributed by atoms with E-state index in [2.05, 4.69) is 15.2 Å². The number of rotatable bonds is 2. The van der Waals surface area contributed by atoms with E-state index in [0.717, 1.165) is 6.07 Å². The van der Waals surface area contributed by atoms with E-state index in [4.69, 9.17) is 5.73 Å². The molecule has 0 aliphatic rings. The van der Waals surface area contributed by atoms with Crippen molar-refractivity contribution in [1.82, 2.24) is 15.2 Å². The van der Waals surface area contributed by atoms with Gasteiger partial charge in [0.05, 0.1) is 11.3 Å². The van der Waals surface area contributed by atoms with E-state index in [1.54, 1.807) is 0 Å². The number of nitrogens with one attached hydrogen (secondary N) is 1. The average molecular weight is 224 g/mol. The number of benzene rings is 1. The van der Waals surface area contributed by atoms with Crippen molar-refractivity contribution in [3.05, 3.63) is 29.6 Å². The van der Waals surface area contributed by atoms with Crippen molar-refractivity contribution in [2.45, 2.75) is 13.3 Å². The van der Waals surface area contributed by atoms with Crippen LogP contribution >= 0.6 is 0 Å². The summed E-state index contributed by atoms with van der Waals surface area (Å²) in [4.78, 5) is 4.05. The monoisotopic (exact) mass is 224 g/mol. The predicted octanol–water partition coefficient (Wildman–Crippen LogP) is 1.89. The zero-order valence-electron chi connectivity index (χ0n) is 8.59. The van der Waals surface area contributed by atoms with E-state index in [9.17, 15) is 8.78 Å². The number of nitrogen functional groups attached to an aromatic ring is 1. The Morgan fingerprint density at radius 2 is 2.06 bits per heavy atom. The molecule has 0 bridgehead atoms. The van der Waals surface area contributed by atoms with Gasteiger partial charge in [0.15, 0.2) is 5.82 Å². The summed E-state index contributed by atoms with van der Waals surface area (Å²) in [5.74, 6) is -0.695. The van der Waals surface area contributed by atoms with Gasteiger partial charge in [0.1, 0.15) is 17.5 Å². The van der Waals surface area contributed by atoms with Crippen LogP contribution in [0.15, 0.2) is 12.1 Å². The molecule has 0 atom stereocenters. The maximum atomic E-state index is 13.4. The molecule has 0 aliphatic carbocycles. The van der Waals surface area contributed by atoms with Crippen molar-refractivity contribution in [3.8, 4) is 11.4 Å². The molecule has 1 aromatic carbocycles. The van der Waals surface area contributed by atoms with Gasteiger partial charge in [-0.25, -0.2) is 13.8 Å². The number of aromatic nitrogens is 3. The average Bonchev–Trinajstić information content (AvgIpc) is 2.71. The third kappa shape index (κ3) is 1.73. The highest BCUT2D eigenvalue weighted by Crippen LogP contribution is 2.24. The first-order chi connectivity index (χ1) is 7.61. The fourth-order valence-electron chi connectivity index (χ4n) is 1.31. The summed E-state index contributed by atoms with van der Waals surface area (Å²) >= 11 is 0. The van der Waals surface area contributed by atoms with Gasteiger partial charge in [-0.2, -0.15) is 5.10 Å². The normalized spacial score (nSPS) is 10.7. The second kappa shape index (κ2) is 3.88. The molecule has 0 spiro atoms. The lowest BCUT2D eigenvalue weighted by Gasteiger charge is -2.01. The van der Waals surface area contributed by atoms with E-state index in [1.165, 1.54) is 6.07 Å². The molecule has 3 N–H and O–H groups in total. The number of anilines is 1. The molecule has 0 aliphatic heterocycles. The maximum Gasteiger partial charge on any atom is 0.184 e. The van der Waals surface area contributed by atoms with Crippen LogP contribution in [0.2, 0.25) is 0 Å². The summed E-state index contributed by atoms with van der Waals surface area (Å²) in [7, 11) is 0. The van der Waals surface area contributed by atoms with Crippen LogP contribution in [0.4, 0.5) is 14.5 Å². The van der Waals surface area contributed by atoms with Gasteiger partial charge in [-0.1, -0.05) is 6.92 Å². The largest absolute Gasteiger partial charge is 0.396 e. The highest BCUT2D eigenvalue weighted by molar-refractivity contribution is 5.62. The van der Waals surface area contributed by atoms with E-state index in [-0.39, 0.29) is 17.1 Å². The van der Waals surface area contributed by atoms with Crippen molar-refractivity contribution in [1.29, 1.82) is 0 Å². The minimum absolute atomic E-state index is 0.0925. The number of hydrogen-bond acceptors (Lipinski definition) is 3. The molecule has 0 saturated heterocycles. The molecule has 84 valence electrons. The standard InChI is InChI=1S/C10H10F2N4/c1-2-9-14-10(16-15-9)5-3-8(13)7(12)4-6(5)11/h3-4H,2,13H2,1H3,(H,14,15,16). The fourth-order valence-corrected chi connectivity index (χ4v) is 1.31. The molecule has 0 radical (unpaired) electrons. The molecule has 1 heterocycles. The molecular formula is C10H10F2N4. The van der Waals surface area contributed by atoms with Gasteiger partial charge in [0.25, 0.3) is 0 Å². The van der Waals surface area contributed by atoms with E-state index < -0.39 is 11.6 Å². The lowest BCUT2D eigenvalue weighted by Crippen LogP contribution is -1.95. The Bertz CT molecular complexity index is 522. The van der Waals surface area contributed by atoms with Crippen LogP contribution in [0.25, 0.3) is 11.4 Å². The summed E-state index contributed by atoms with van der Waals surface area (Å²) in [5.41, 5.74) is 5.33. The van der Waals surface area contributed by atoms with Crippen LogP contribution in [0.5, 0.6) is 0 Å². The minimum atomic E-state index is -0.785. The van der Waals surface area contributed by atoms with Crippen molar-refractivity contribution in [3.63, 3.8) is 0 Å². The lowest BCUT2D eigenvalue weighted by atomic mass is 10.1. The topological polar surface area (TPSA) is 67.6 Å². The second-order valence-electron chi connectivity index (χ2n) is 3.31. The van der Waals surface area contributed by atoms with Gasteiger partial charge < -0.3 is 5.73 Å². The van der Waals surface area contributed by atoms with Gasteiger partial charge in [-0.05, 0) is 6.07 Å². The number of nitrogens with zero attached hydrogens (tertiary/aromatic N) is 2. The molecule has 2 rings (SSSR count). The summed E-state index contributed by atoms with van der Waals surface area (Å²) in [6.45, 7) is 1.89. The molecule has 2 aromatic rings. The smallest absolute Gasteiger partial charge is 0.184 e. The number of H-pyrrole nitrogens is 1. The molecular weight excluding hydrogens is 214 g/mol. The van der Waals surface area contributed by atoms with Crippen molar-refractivity contribution in [2.24, 2.45) is 0 Å². The summed E-state index contributed by atoms with van der Waals surface area (Å²) < 4.78 is 26.4. The summed E-state index contributed by atoms with van der Waals surface area (Å²) in [6, 6.07) is 1.92. The number of halogens is 2. The van der Waals surface area contributed by atoms with Crippen LogP contribution < -0.4 is 5.73 Å². The van der Waals surface area contributed by atoms with Gasteiger partial charge in [0, 0.05) is 12.5 Å². The molecule has 0 fully saturated rings.